The summed E-state index contributed by atoms with van der Waals surface area (Å²) in [7, 11) is 0. The first-order valence-electron chi connectivity index (χ1n) is 9.07. The topological polar surface area (TPSA) is 55.2 Å². The van der Waals surface area contributed by atoms with Crippen LogP contribution in [0.25, 0.3) is 0 Å². The summed E-state index contributed by atoms with van der Waals surface area (Å²) in [5, 5.41) is 0. The highest BCUT2D eigenvalue weighted by molar-refractivity contribution is 5.77. The molecular formula is C18H26N2O4. The Labute approximate surface area is 142 Å². The van der Waals surface area contributed by atoms with Crippen molar-refractivity contribution < 1.29 is 18.7 Å². The van der Waals surface area contributed by atoms with Crippen LogP contribution in [-0.4, -0.2) is 66.8 Å². The van der Waals surface area contributed by atoms with Gasteiger partial charge in [0.25, 0.3) is 0 Å². The minimum atomic E-state index is 0.0358. The molecule has 1 saturated carbocycles. The van der Waals surface area contributed by atoms with Crippen molar-refractivity contribution in [1.29, 1.82) is 0 Å². The first-order chi connectivity index (χ1) is 11.8. The molecule has 4 rings (SSSR count). The molecule has 2 saturated heterocycles. The molecule has 6 heteroatoms. The molecule has 2 aliphatic heterocycles. The summed E-state index contributed by atoms with van der Waals surface area (Å²) < 4.78 is 17.2. The van der Waals surface area contributed by atoms with Crippen molar-refractivity contribution in [2.75, 3.05) is 32.8 Å². The molecule has 3 fully saturated rings. The second-order valence-corrected chi connectivity index (χ2v) is 7.02. The lowest BCUT2D eigenvalue weighted by molar-refractivity contribution is -0.145. The van der Waals surface area contributed by atoms with Crippen LogP contribution in [0.4, 0.5) is 0 Å². The monoisotopic (exact) mass is 334 g/mol. The van der Waals surface area contributed by atoms with E-state index >= 15 is 0 Å². The van der Waals surface area contributed by atoms with Crippen molar-refractivity contribution in [2.24, 2.45) is 0 Å². The summed E-state index contributed by atoms with van der Waals surface area (Å²) >= 11 is 0. The fraction of sp³-hybridized carbons (Fsp3) is 0.722. The normalized spacial score (nSPS) is 30.7. The Balaban J connectivity index is 1.31. The molecule has 0 spiro atoms. The second kappa shape index (κ2) is 7.25. The number of ether oxygens (including phenoxy) is 2. The molecule has 1 aliphatic carbocycles. The van der Waals surface area contributed by atoms with Crippen LogP contribution >= 0.6 is 0 Å². The number of rotatable bonds is 5. The number of nitrogens with zero attached hydrogens (tertiary/aromatic N) is 2. The number of amides is 1. The molecule has 0 bridgehead atoms. The van der Waals surface area contributed by atoms with Crippen LogP contribution in [0.1, 0.15) is 31.2 Å². The van der Waals surface area contributed by atoms with Gasteiger partial charge in [0.15, 0.2) is 0 Å². The standard InChI is InChI=1S/C18H26N2O4/c21-17(19-6-1-2-7-19)13-24-16-4-3-15-18(16)23-10-8-20(15)11-14-5-9-22-12-14/h5,9,12,15-16,18H,1-4,6-8,10-11,13H2/t15-,16+,18+/m0/s1. The molecule has 3 aliphatic rings. The van der Waals surface area contributed by atoms with Crippen LogP contribution in [0, 0.1) is 0 Å². The van der Waals surface area contributed by atoms with Crippen molar-refractivity contribution in [1.82, 2.24) is 9.80 Å². The number of morpholine rings is 1. The van der Waals surface area contributed by atoms with E-state index in [1.54, 1.807) is 6.26 Å². The van der Waals surface area contributed by atoms with Gasteiger partial charge in [-0.05, 0) is 31.7 Å². The third-order valence-electron chi connectivity index (χ3n) is 5.50. The largest absolute Gasteiger partial charge is 0.472 e. The molecule has 132 valence electrons. The molecule has 0 unspecified atom stereocenters. The zero-order chi connectivity index (χ0) is 16.4. The average molecular weight is 334 g/mol. The molecule has 1 aromatic rings. The van der Waals surface area contributed by atoms with Crippen LogP contribution in [0.2, 0.25) is 0 Å². The van der Waals surface area contributed by atoms with E-state index in [4.69, 9.17) is 13.9 Å². The van der Waals surface area contributed by atoms with Gasteiger partial charge >= 0.3 is 0 Å². The molecule has 24 heavy (non-hydrogen) atoms. The molecule has 0 N–H and O–H groups in total. The van der Waals surface area contributed by atoms with E-state index < -0.39 is 0 Å². The van der Waals surface area contributed by atoms with Crippen LogP contribution < -0.4 is 0 Å². The van der Waals surface area contributed by atoms with Gasteiger partial charge < -0.3 is 18.8 Å². The van der Waals surface area contributed by atoms with Gasteiger partial charge in [0.1, 0.15) is 6.61 Å². The van der Waals surface area contributed by atoms with Gasteiger partial charge in [0.2, 0.25) is 5.91 Å². The van der Waals surface area contributed by atoms with E-state index in [-0.39, 0.29) is 24.7 Å². The Hall–Kier alpha value is -1.37. The lowest BCUT2D eigenvalue weighted by Crippen LogP contribution is -2.51. The first-order valence-corrected chi connectivity index (χ1v) is 9.07. The Kier molecular flexibility index (Phi) is 4.87. The van der Waals surface area contributed by atoms with Crippen LogP contribution in [0.15, 0.2) is 23.0 Å². The van der Waals surface area contributed by atoms with Gasteiger partial charge in [0, 0.05) is 37.8 Å². The second-order valence-electron chi connectivity index (χ2n) is 7.02. The summed E-state index contributed by atoms with van der Waals surface area (Å²) in [5.41, 5.74) is 1.20. The van der Waals surface area contributed by atoms with E-state index in [0.717, 1.165) is 58.5 Å². The maximum absolute atomic E-state index is 12.2. The zero-order valence-corrected chi connectivity index (χ0v) is 14.1. The Bertz CT molecular complexity index is 541. The van der Waals surface area contributed by atoms with Crippen molar-refractivity contribution in [3.05, 3.63) is 24.2 Å². The summed E-state index contributed by atoms with van der Waals surface area (Å²) in [5.74, 6) is 0.127. The van der Waals surface area contributed by atoms with E-state index in [0.29, 0.717) is 6.04 Å². The minimum absolute atomic E-state index is 0.0358. The van der Waals surface area contributed by atoms with Crippen molar-refractivity contribution in [3.8, 4) is 0 Å². The summed E-state index contributed by atoms with van der Waals surface area (Å²) in [4.78, 5) is 16.6. The molecule has 1 amide bonds. The molecule has 0 radical (unpaired) electrons. The number of likely N-dealkylation sites (tertiary alicyclic amines) is 1. The highest BCUT2D eigenvalue weighted by Gasteiger charge is 2.43. The van der Waals surface area contributed by atoms with Crippen LogP contribution in [0.5, 0.6) is 0 Å². The lowest BCUT2D eigenvalue weighted by Gasteiger charge is -2.38. The number of furan rings is 1. The number of hydrogen-bond donors (Lipinski definition) is 0. The van der Waals surface area contributed by atoms with Gasteiger partial charge in [-0.2, -0.15) is 0 Å². The number of hydrogen-bond acceptors (Lipinski definition) is 5. The number of carbonyl (C=O) groups is 1. The van der Waals surface area contributed by atoms with Gasteiger partial charge in [-0.25, -0.2) is 0 Å². The summed E-state index contributed by atoms with van der Waals surface area (Å²) in [6.07, 6.45) is 7.90. The molecule has 1 aromatic heterocycles. The maximum Gasteiger partial charge on any atom is 0.248 e. The van der Waals surface area contributed by atoms with Crippen molar-refractivity contribution in [2.45, 2.75) is 50.5 Å². The third kappa shape index (κ3) is 3.36. The predicted molar refractivity (Wildman–Crippen MR) is 87.4 cm³/mol. The minimum Gasteiger partial charge on any atom is -0.472 e. The van der Waals surface area contributed by atoms with Crippen molar-refractivity contribution >= 4 is 5.91 Å². The number of carbonyl (C=O) groups excluding carboxylic acids is 1. The van der Waals surface area contributed by atoms with E-state index in [1.165, 1.54) is 5.56 Å². The van der Waals surface area contributed by atoms with Gasteiger partial charge in [-0.15, -0.1) is 0 Å². The molecule has 3 atom stereocenters. The zero-order valence-electron chi connectivity index (χ0n) is 14.1. The van der Waals surface area contributed by atoms with Gasteiger partial charge in [-0.3, -0.25) is 9.69 Å². The van der Waals surface area contributed by atoms with Crippen LogP contribution in [-0.2, 0) is 20.8 Å². The smallest absolute Gasteiger partial charge is 0.248 e. The highest BCUT2D eigenvalue weighted by Crippen LogP contribution is 2.33. The van der Waals surface area contributed by atoms with Crippen LogP contribution in [0.3, 0.4) is 0 Å². The fourth-order valence-corrected chi connectivity index (χ4v) is 4.22. The predicted octanol–water partition coefficient (Wildman–Crippen LogP) is 1.65. The van der Waals surface area contributed by atoms with E-state index in [1.807, 2.05) is 17.2 Å². The lowest BCUT2D eigenvalue weighted by atomic mass is 10.1. The molecule has 3 heterocycles. The van der Waals surface area contributed by atoms with E-state index in [2.05, 4.69) is 4.90 Å². The summed E-state index contributed by atoms with van der Waals surface area (Å²) in [6.45, 7) is 4.51. The van der Waals surface area contributed by atoms with Crippen molar-refractivity contribution in [3.63, 3.8) is 0 Å². The average Bonchev–Trinajstić information content (AvgIpc) is 3.34. The maximum atomic E-state index is 12.2. The Morgan fingerprint density at radius 3 is 2.92 bits per heavy atom. The first kappa shape index (κ1) is 16.1. The van der Waals surface area contributed by atoms with Gasteiger partial charge in [-0.1, -0.05) is 0 Å². The SMILES string of the molecule is O=C(CO[C@@H]1CC[C@H]2[C@H]1OCCN2Cc1ccoc1)N1CCCC1. The summed E-state index contributed by atoms with van der Waals surface area (Å²) in [6, 6.07) is 2.39. The molecular weight excluding hydrogens is 308 g/mol. The molecule has 0 aromatic carbocycles. The third-order valence-corrected chi connectivity index (χ3v) is 5.50. The highest BCUT2D eigenvalue weighted by atomic mass is 16.5. The molecule has 6 nitrogen and oxygen atoms in total. The Morgan fingerprint density at radius 1 is 1.25 bits per heavy atom. The van der Waals surface area contributed by atoms with E-state index in [9.17, 15) is 4.79 Å². The van der Waals surface area contributed by atoms with Gasteiger partial charge in [0.05, 0.1) is 31.3 Å². The Morgan fingerprint density at radius 2 is 2.12 bits per heavy atom. The fourth-order valence-electron chi connectivity index (χ4n) is 4.22. The quantitative estimate of drug-likeness (QED) is 0.819. The number of fused-ring (bicyclic) bond motifs is 1.